The van der Waals surface area contributed by atoms with Crippen molar-refractivity contribution in [1.82, 2.24) is 15.1 Å². The molecule has 0 radical (unpaired) electrons. The summed E-state index contributed by atoms with van der Waals surface area (Å²) in [5.74, 6) is -0.548. The van der Waals surface area contributed by atoms with Crippen molar-refractivity contribution in [1.29, 1.82) is 0 Å². The molecule has 0 bridgehead atoms. The zero-order valence-electron chi connectivity index (χ0n) is 15.7. The number of amides is 1. The third-order valence-corrected chi connectivity index (χ3v) is 4.59. The monoisotopic (exact) mass is 415 g/mol. The molecular formula is C21H19ClFN3O3. The van der Waals surface area contributed by atoms with Crippen LogP contribution in [0.25, 0.3) is 11.3 Å². The standard InChI is InChI=1S/C21H19ClFN3O3/c1-29-15-8-6-14(7-9-15)18-10-11-19(27)26(25-18)13-3-12-24-21(28)20-16(22)4-2-5-17(20)23/h2,4-11H,3,12-13H2,1H3,(H,24,28). The lowest BCUT2D eigenvalue weighted by Gasteiger charge is -2.09. The lowest BCUT2D eigenvalue weighted by molar-refractivity contribution is 0.0948. The molecule has 0 saturated carbocycles. The van der Waals surface area contributed by atoms with E-state index < -0.39 is 11.7 Å². The number of hydrogen-bond donors (Lipinski definition) is 1. The van der Waals surface area contributed by atoms with Crippen molar-refractivity contribution in [2.75, 3.05) is 13.7 Å². The largest absolute Gasteiger partial charge is 0.497 e. The third kappa shape index (κ3) is 5.00. The van der Waals surface area contributed by atoms with Crippen LogP contribution in [0.5, 0.6) is 5.75 Å². The minimum Gasteiger partial charge on any atom is -0.497 e. The van der Waals surface area contributed by atoms with Gasteiger partial charge in [-0.25, -0.2) is 9.07 Å². The van der Waals surface area contributed by atoms with Gasteiger partial charge in [-0.2, -0.15) is 5.10 Å². The Balaban J connectivity index is 1.62. The summed E-state index contributed by atoms with van der Waals surface area (Å²) < 4.78 is 20.2. The first-order valence-corrected chi connectivity index (χ1v) is 9.32. The third-order valence-electron chi connectivity index (χ3n) is 4.27. The average molecular weight is 416 g/mol. The maximum absolute atomic E-state index is 13.8. The smallest absolute Gasteiger partial charge is 0.266 e. The van der Waals surface area contributed by atoms with Gasteiger partial charge >= 0.3 is 0 Å². The Kier molecular flexibility index (Phi) is 6.61. The Morgan fingerprint density at radius 3 is 2.62 bits per heavy atom. The van der Waals surface area contributed by atoms with Gasteiger partial charge in [0.1, 0.15) is 11.6 Å². The van der Waals surface area contributed by atoms with E-state index in [0.29, 0.717) is 18.7 Å². The highest BCUT2D eigenvalue weighted by atomic mass is 35.5. The highest BCUT2D eigenvalue weighted by Crippen LogP contribution is 2.20. The summed E-state index contributed by atoms with van der Waals surface area (Å²) in [5.41, 5.74) is 1.06. The molecule has 1 aromatic heterocycles. The van der Waals surface area contributed by atoms with E-state index in [1.54, 1.807) is 13.2 Å². The van der Waals surface area contributed by atoms with Gasteiger partial charge in [-0.3, -0.25) is 9.59 Å². The van der Waals surface area contributed by atoms with Crippen LogP contribution in [0.1, 0.15) is 16.8 Å². The van der Waals surface area contributed by atoms with Gasteiger partial charge in [0.25, 0.3) is 11.5 Å². The molecule has 0 aliphatic rings. The van der Waals surface area contributed by atoms with Crippen molar-refractivity contribution in [3.63, 3.8) is 0 Å². The molecule has 0 aliphatic carbocycles. The first-order valence-electron chi connectivity index (χ1n) is 8.94. The number of aromatic nitrogens is 2. The minimum absolute atomic E-state index is 0.0487. The SMILES string of the molecule is COc1ccc(-c2ccc(=O)n(CCCNC(=O)c3c(F)cccc3Cl)n2)cc1. The van der Waals surface area contributed by atoms with Crippen LogP contribution in [-0.2, 0) is 6.54 Å². The van der Waals surface area contributed by atoms with Crippen LogP contribution in [0.3, 0.4) is 0 Å². The average Bonchev–Trinajstić information content (AvgIpc) is 2.72. The van der Waals surface area contributed by atoms with Crippen molar-refractivity contribution >= 4 is 17.5 Å². The van der Waals surface area contributed by atoms with Crippen LogP contribution in [-0.4, -0.2) is 29.3 Å². The zero-order valence-corrected chi connectivity index (χ0v) is 16.4. The lowest BCUT2D eigenvalue weighted by Crippen LogP contribution is -2.28. The van der Waals surface area contributed by atoms with Crippen molar-refractivity contribution in [2.24, 2.45) is 0 Å². The predicted molar refractivity (Wildman–Crippen MR) is 109 cm³/mol. The highest BCUT2D eigenvalue weighted by molar-refractivity contribution is 6.33. The maximum atomic E-state index is 13.8. The summed E-state index contributed by atoms with van der Waals surface area (Å²) in [5, 5.41) is 7.03. The highest BCUT2D eigenvalue weighted by Gasteiger charge is 2.15. The van der Waals surface area contributed by atoms with E-state index >= 15 is 0 Å². The zero-order chi connectivity index (χ0) is 20.8. The van der Waals surface area contributed by atoms with E-state index in [0.717, 1.165) is 11.3 Å². The second-order valence-electron chi connectivity index (χ2n) is 6.21. The van der Waals surface area contributed by atoms with Crippen LogP contribution in [0.4, 0.5) is 4.39 Å². The molecule has 0 aliphatic heterocycles. The summed E-state index contributed by atoms with van der Waals surface area (Å²) in [4.78, 5) is 24.2. The number of aryl methyl sites for hydroxylation is 1. The fraction of sp³-hybridized carbons (Fsp3) is 0.190. The van der Waals surface area contributed by atoms with Gasteiger partial charge in [0.05, 0.1) is 23.4 Å². The Bertz CT molecular complexity index is 1050. The molecule has 8 heteroatoms. The number of rotatable bonds is 7. The lowest BCUT2D eigenvalue weighted by atomic mass is 10.1. The Morgan fingerprint density at radius 1 is 1.17 bits per heavy atom. The first kappa shape index (κ1) is 20.5. The molecule has 0 spiro atoms. The number of benzene rings is 2. The number of hydrogen-bond acceptors (Lipinski definition) is 4. The van der Waals surface area contributed by atoms with Gasteiger partial charge in [0.15, 0.2) is 0 Å². The normalized spacial score (nSPS) is 10.6. The number of halogens is 2. The van der Waals surface area contributed by atoms with Crippen LogP contribution < -0.4 is 15.6 Å². The molecule has 2 aromatic carbocycles. The van der Waals surface area contributed by atoms with E-state index in [9.17, 15) is 14.0 Å². The van der Waals surface area contributed by atoms with E-state index in [1.807, 2.05) is 24.3 Å². The second-order valence-corrected chi connectivity index (χ2v) is 6.62. The molecule has 3 rings (SSSR count). The van der Waals surface area contributed by atoms with Crippen LogP contribution in [0, 0.1) is 5.82 Å². The Morgan fingerprint density at radius 2 is 1.93 bits per heavy atom. The molecule has 0 fully saturated rings. The quantitative estimate of drug-likeness (QED) is 0.599. The summed E-state index contributed by atoms with van der Waals surface area (Å²) in [7, 11) is 1.59. The maximum Gasteiger partial charge on any atom is 0.266 e. The van der Waals surface area contributed by atoms with E-state index in [2.05, 4.69) is 10.4 Å². The molecular weight excluding hydrogens is 397 g/mol. The van der Waals surface area contributed by atoms with E-state index in [4.69, 9.17) is 16.3 Å². The molecule has 0 saturated heterocycles. The van der Waals surface area contributed by atoms with Crippen LogP contribution in [0.2, 0.25) is 5.02 Å². The van der Waals surface area contributed by atoms with E-state index in [-0.39, 0.29) is 22.7 Å². The van der Waals surface area contributed by atoms with Crippen molar-refractivity contribution in [3.8, 4) is 17.0 Å². The molecule has 6 nitrogen and oxygen atoms in total. The summed E-state index contributed by atoms with van der Waals surface area (Å²) in [6, 6.07) is 14.5. The Hall–Kier alpha value is -3.19. The van der Waals surface area contributed by atoms with Gasteiger partial charge in [-0.05, 0) is 48.9 Å². The van der Waals surface area contributed by atoms with Gasteiger partial charge in [0, 0.05) is 24.7 Å². The topological polar surface area (TPSA) is 73.2 Å². The van der Waals surface area contributed by atoms with Crippen molar-refractivity contribution < 1.29 is 13.9 Å². The molecule has 3 aromatic rings. The molecule has 150 valence electrons. The summed E-state index contributed by atoms with van der Waals surface area (Å²) in [6.07, 6.45) is 0.441. The summed E-state index contributed by atoms with van der Waals surface area (Å²) in [6.45, 7) is 0.540. The van der Waals surface area contributed by atoms with E-state index in [1.165, 1.54) is 28.9 Å². The number of ether oxygens (including phenoxy) is 1. The van der Waals surface area contributed by atoms with Gasteiger partial charge in [-0.1, -0.05) is 17.7 Å². The molecule has 0 atom stereocenters. The Labute approximate surface area is 171 Å². The van der Waals surface area contributed by atoms with Crippen LogP contribution >= 0.6 is 11.6 Å². The number of methoxy groups -OCH3 is 1. The number of nitrogens with one attached hydrogen (secondary N) is 1. The van der Waals surface area contributed by atoms with Crippen molar-refractivity contribution in [3.05, 3.63) is 81.4 Å². The fourth-order valence-corrected chi connectivity index (χ4v) is 3.01. The fourth-order valence-electron chi connectivity index (χ4n) is 2.76. The number of carbonyl (C=O) groups excluding carboxylic acids is 1. The van der Waals surface area contributed by atoms with Gasteiger partial charge in [-0.15, -0.1) is 0 Å². The van der Waals surface area contributed by atoms with Gasteiger partial charge < -0.3 is 10.1 Å². The number of nitrogens with zero attached hydrogens (tertiary/aromatic N) is 2. The number of carbonyl (C=O) groups is 1. The van der Waals surface area contributed by atoms with Crippen LogP contribution in [0.15, 0.2) is 59.4 Å². The second kappa shape index (κ2) is 9.34. The molecule has 29 heavy (non-hydrogen) atoms. The molecule has 1 heterocycles. The summed E-state index contributed by atoms with van der Waals surface area (Å²) >= 11 is 5.88. The van der Waals surface area contributed by atoms with Gasteiger partial charge in [0.2, 0.25) is 0 Å². The molecule has 1 N–H and O–H groups in total. The van der Waals surface area contributed by atoms with Crippen molar-refractivity contribution in [2.45, 2.75) is 13.0 Å². The predicted octanol–water partition coefficient (Wildman–Crippen LogP) is 3.53. The molecule has 0 unspecified atom stereocenters. The molecule has 1 amide bonds. The minimum atomic E-state index is -0.680. The first-order chi connectivity index (χ1) is 14.0.